The Bertz CT molecular complexity index is 332. The van der Waals surface area contributed by atoms with Gasteiger partial charge in [0.25, 0.3) is 0 Å². The van der Waals surface area contributed by atoms with Gasteiger partial charge in [-0.2, -0.15) is 0 Å². The van der Waals surface area contributed by atoms with E-state index in [1.54, 1.807) is 0 Å². The van der Waals surface area contributed by atoms with Gasteiger partial charge in [0.05, 0.1) is 5.60 Å². The molecule has 1 fully saturated rings. The first-order valence-corrected chi connectivity index (χ1v) is 5.42. The summed E-state index contributed by atoms with van der Waals surface area (Å²) >= 11 is 0. The second-order valence-corrected chi connectivity index (χ2v) is 4.37. The molecular weight excluding hydrogens is 188 g/mol. The maximum absolute atomic E-state index is 10.1. The van der Waals surface area contributed by atoms with E-state index in [9.17, 15) is 5.11 Å². The van der Waals surface area contributed by atoms with Crippen molar-refractivity contribution < 1.29 is 5.11 Å². The number of hydrogen-bond acceptors (Lipinski definition) is 3. The molecular formula is C12H18N2O. The lowest BCUT2D eigenvalue weighted by Crippen LogP contribution is -2.38. The molecule has 1 aromatic rings. The lowest BCUT2D eigenvalue weighted by Gasteiger charge is -2.22. The van der Waals surface area contributed by atoms with Gasteiger partial charge >= 0.3 is 0 Å². The number of hydrogen-bond donors (Lipinski definition) is 3. The molecule has 1 aliphatic heterocycles. The van der Waals surface area contributed by atoms with E-state index in [-0.39, 0.29) is 0 Å². The fourth-order valence-electron chi connectivity index (χ4n) is 1.90. The van der Waals surface area contributed by atoms with E-state index in [0.29, 0.717) is 13.1 Å². The predicted octanol–water partition coefficient (Wildman–Crippen LogP) is 1.13. The monoisotopic (exact) mass is 206 g/mol. The zero-order chi connectivity index (χ0) is 10.7. The van der Waals surface area contributed by atoms with Gasteiger partial charge in [-0.25, -0.2) is 0 Å². The van der Waals surface area contributed by atoms with Crippen LogP contribution >= 0.6 is 0 Å². The summed E-state index contributed by atoms with van der Waals surface area (Å²) in [7, 11) is 0. The number of aliphatic hydroxyl groups is 1. The van der Waals surface area contributed by atoms with Crippen LogP contribution in [0.3, 0.4) is 0 Å². The highest BCUT2D eigenvalue weighted by Gasteiger charge is 2.30. The molecule has 1 aromatic carbocycles. The zero-order valence-electron chi connectivity index (χ0n) is 9.09. The third-order valence-corrected chi connectivity index (χ3v) is 2.86. The Morgan fingerprint density at radius 2 is 2.40 bits per heavy atom. The van der Waals surface area contributed by atoms with Crippen molar-refractivity contribution in [2.75, 3.05) is 25.0 Å². The summed E-state index contributed by atoms with van der Waals surface area (Å²) in [6.45, 7) is 4.28. The fourth-order valence-corrected chi connectivity index (χ4v) is 1.90. The zero-order valence-corrected chi connectivity index (χ0v) is 9.09. The normalized spacial score (nSPS) is 25.5. The van der Waals surface area contributed by atoms with Crippen molar-refractivity contribution in [1.29, 1.82) is 0 Å². The largest absolute Gasteiger partial charge is 0.387 e. The van der Waals surface area contributed by atoms with Crippen LogP contribution in [0.2, 0.25) is 0 Å². The first-order valence-electron chi connectivity index (χ1n) is 5.42. The molecule has 0 saturated carbocycles. The number of β-amino-alcohol motifs (C(OH)–C–C–N with tert-alkyl or cyclic N) is 1. The van der Waals surface area contributed by atoms with Gasteiger partial charge in [-0.05, 0) is 37.6 Å². The van der Waals surface area contributed by atoms with Crippen LogP contribution in [-0.4, -0.2) is 30.3 Å². The van der Waals surface area contributed by atoms with Gasteiger partial charge in [0.15, 0.2) is 0 Å². The molecule has 1 aliphatic rings. The first kappa shape index (κ1) is 10.5. The summed E-state index contributed by atoms with van der Waals surface area (Å²) < 4.78 is 0. The Hall–Kier alpha value is -1.06. The Morgan fingerprint density at radius 3 is 3.07 bits per heavy atom. The number of rotatable bonds is 3. The van der Waals surface area contributed by atoms with Crippen LogP contribution in [0, 0.1) is 6.92 Å². The highest BCUT2D eigenvalue weighted by molar-refractivity contribution is 5.45. The van der Waals surface area contributed by atoms with E-state index >= 15 is 0 Å². The molecule has 3 nitrogen and oxygen atoms in total. The number of aryl methyl sites for hydroxylation is 1. The molecule has 0 aromatic heterocycles. The molecule has 0 amide bonds. The second kappa shape index (κ2) is 4.21. The molecule has 0 radical (unpaired) electrons. The summed E-state index contributed by atoms with van der Waals surface area (Å²) in [5.74, 6) is 0. The minimum atomic E-state index is -0.580. The lowest BCUT2D eigenvalue weighted by atomic mass is 10.0. The molecule has 0 aliphatic carbocycles. The van der Waals surface area contributed by atoms with Gasteiger partial charge in [-0.3, -0.25) is 0 Å². The third-order valence-electron chi connectivity index (χ3n) is 2.86. The molecule has 82 valence electrons. The number of benzene rings is 1. The minimum absolute atomic E-state index is 0.580. The van der Waals surface area contributed by atoms with Crippen LogP contribution in [0.25, 0.3) is 0 Å². The fraction of sp³-hybridized carbons (Fsp3) is 0.500. The first-order chi connectivity index (χ1) is 7.18. The van der Waals surface area contributed by atoms with Crippen LogP contribution in [0.4, 0.5) is 5.69 Å². The van der Waals surface area contributed by atoms with Crippen molar-refractivity contribution in [3.8, 4) is 0 Å². The summed E-state index contributed by atoms with van der Waals surface area (Å²) in [5.41, 5.74) is 1.73. The van der Waals surface area contributed by atoms with Crippen molar-refractivity contribution in [2.24, 2.45) is 0 Å². The van der Waals surface area contributed by atoms with E-state index in [0.717, 1.165) is 18.7 Å². The molecule has 0 spiro atoms. The highest BCUT2D eigenvalue weighted by Crippen LogP contribution is 2.16. The average molecular weight is 206 g/mol. The predicted molar refractivity (Wildman–Crippen MR) is 62.1 cm³/mol. The van der Waals surface area contributed by atoms with Gasteiger partial charge < -0.3 is 15.7 Å². The second-order valence-electron chi connectivity index (χ2n) is 4.37. The summed E-state index contributed by atoms with van der Waals surface area (Å²) in [6.07, 6.45) is 0.825. The lowest BCUT2D eigenvalue weighted by molar-refractivity contribution is 0.0752. The van der Waals surface area contributed by atoms with Crippen LogP contribution < -0.4 is 10.6 Å². The quantitative estimate of drug-likeness (QED) is 0.694. The van der Waals surface area contributed by atoms with Gasteiger partial charge in [-0.1, -0.05) is 12.1 Å². The minimum Gasteiger partial charge on any atom is -0.387 e. The van der Waals surface area contributed by atoms with Crippen LogP contribution in [0.5, 0.6) is 0 Å². The van der Waals surface area contributed by atoms with E-state index < -0.39 is 5.60 Å². The van der Waals surface area contributed by atoms with Crippen LogP contribution in [0.15, 0.2) is 24.3 Å². The van der Waals surface area contributed by atoms with Crippen molar-refractivity contribution in [3.05, 3.63) is 29.8 Å². The molecule has 2 rings (SSSR count). The number of nitrogens with one attached hydrogen (secondary N) is 2. The maximum Gasteiger partial charge on any atom is 0.0954 e. The summed E-state index contributed by atoms with van der Waals surface area (Å²) in [6, 6.07) is 8.20. The van der Waals surface area contributed by atoms with E-state index in [1.807, 2.05) is 12.1 Å². The topological polar surface area (TPSA) is 44.3 Å². The number of anilines is 1. The van der Waals surface area contributed by atoms with Crippen LogP contribution in [0.1, 0.15) is 12.0 Å². The molecule has 1 unspecified atom stereocenters. The van der Waals surface area contributed by atoms with Crippen LogP contribution in [-0.2, 0) is 0 Å². The Kier molecular flexibility index (Phi) is 2.93. The summed E-state index contributed by atoms with van der Waals surface area (Å²) in [5, 5.41) is 16.5. The highest BCUT2D eigenvalue weighted by atomic mass is 16.3. The SMILES string of the molecule is Cc1cccc(NCC2(O)CCNC2)c1. The molecule has 1 saturated heterocycles. The summed E-state index contributed by atoms with van der Waals surface area (Å²) in [4.78, 5) is 0. The maximum atomic E-state index is 10.1. The van der Waals surface area contributed by atoms with E-state index in [2.05, 4.69) is 29.7 Å². The molecule has 0 bridgehead atoms. The van der Waals surface area contributed by atoms with Crippen molar-refractivity contribution >= 4 is 5.69 Å². The standard InChI is InChI=1S/C12H18N2O/c1-10-3-2-4-11(7-10)14-9-12(15)5-6-13-8-12/h2-4,7,13-15H,5-6,8-9H2,1H3. The molecule has 15 heavy (non-hydrogen) atoms. The van der Waals surface area contributed by atoms with Gasteiger partial charge in [0.1, 0.15) is 0 Å². The van der Waals surface area contributed by atoms with Gasteiger partial charge in [0, 0.05) is 18.8 Å². The van der Waals surface area contributed by atoms with E-state index in [4.69, 9.17) is 0 Å². The third kappa shape index (κ3) is 2.70. The Morgan fingerprint density at radius 1 is 1.53 bits per heavy atom. The average Bonchev–Trinajstić information content (AvgIpc) is 2.63. The van der Waals surface area contributed by atoms with Crippen molar-refractivity contribution in [1.82, 2.24) is 5.32 Å². The Balaban J connectivity index is 1.92. The van der Waals surface area contributed by atoms with Gasteiger partial charge in [0.2, 0.25) is 0 Å². The van der Waals surface area contributed by atoms with Crippen molar-refractivity contribution in [2.45, 2.75) is 18.9 Å². The Labute approximate surface area is 90.5 Å². The molecule has 3 N–H and O–H groups in total. The van der Waals surface area contributed by atoms with E-state index in [1.165, 1.54) is 5.56 Å². The van der Waals surface area contributed by atoms with Crippen molar-refractivity contribution in [3.63, 3.8) is 0 Å². The van der Waals surface area contributed by atoms with Gasteiger partial charge in [-0.15, -0.1) is 0 Å². The molecule has 1 heterocycles. The smallest absolute Gasteiger partial charge is 0.0954 e. The molecule has 1 atom stereocenters. The molecule has 3 heteroatoms.